The summed E-state index contributed by atoms with van der Waals surface area (Å²) < 4.78 is 0. The maximum Gasteiger partial charge on any atom is 0.110 e. The number of nitrogens with zero attached hydrogens (tertiary/aromatic N) is 1. The van der Waals surface area contributed by atoms with E-state index >= 15 is 0 Å². The first-order chi connectivity index (χ1) is 7.99. The van der Waals surface area contributed by atoms with E-state index in [2.05, 4.69) is 38.4 Å². The molecule has 1 rings (SSSR count). The van der Waals surface area contributed by atoms with Crippen LogP contribution in [0.15, 0.2) is 5.38 Å². The molecule has 0 fully saturated rings. The molecular formula is C13H24N2S2. The molecule has 0 bridgehead atoms. The second-order valence-electron chi connectivity index (χ2n) is 5.15. The largest absolute Gasteiger partial charge is 0.311 e. The summed E-state index contributed by atoms with van der Waals surface area (Å²) in [6, 6.07) is 0.412. The first kappa shape index (κ1) is 15.0. The van der Waals surface area contributed by atoms with E-state index < -0.39 is 0 Å². The Hall–Kier alpha value is -0.0600. The predicted molar refractivity (Wildman–Crippen MR) is 80.2 cm³/mol. The summed E-state index contributed by atoms with van der Waals surface area (Å²) in [7, 11) is 2.03. The highest BCUT2D eigenvalue weighted by molar-refractivity contribution is 7.99. The first-order valence-electron chi connectivity index (χ1n) is 6.20. The van der Waals surface area contributed by atoms with Crippen molar-refractivity contribution in [1.29, 1.82) is 0 Å². The van der Waals surface area contributed by atoms with E-state index in [0.717, 1.165) is 6.42 Å². The van der Waals surface area contributed by atoms with Crippen LogP contribution in [0, 0.1) is 0 Å². The van der Waals surface area contributed by atoms with Gasteiger partial charge in [-0.05, 0) is 25.0 Å². The number of hydrogen-bond acceptors (Lipinski definition) is 4. The van der Waals surface area contributed by atoms with Crippen molar-refractivity contribution >= 4 is 23.1 Å². The Bertz CT molecular complexity index is 328. The van der Waals surface area contributed by atoms with Crippen LogP contribution in [0.3, 0.4) is 0 Å². The number of thiazole rings is 1. The minimum atomic E-state index is 0.158. The lowest BCUT2D eigenvalue weighted by molar-refractivity contribution is 0.548. The van der Waals surface area contributed by atoms with Crippen LogP contribution in [0.25, 0.3) is 0 Å². The third-order valence-electron chi connectivity index (χ3n) is 2.69. The molecule has 1 N–H and O–H groups in total. The Morgan fingerprint density at radius 2 is 2.18 bits per heavy atom. The number of hydrogen-bond donors (Lipinski definition) is 1. The second kappa shape index (κ2) is 6.76. The standard InChI is InChI=1S/C13H24N2S2/c1-6-16-8-7-10(14-5)12-15-11(9-17-12)13(2,3)4/h9-10,14H,6-8H2,1-5H3. The Morgan fingerprint density at radius 3 is 2.65 bits per heavy atom. The smallest absolute Gasteiger partial charge is 0.110 e. The van der Waals surface area contributed by atoms with Crippen molar-refractivity contribution < 1.29 is 0 Å². The van der Waals surface area contributed by atoms with E-state index in [0.29, 0.717) is 6.04 Å². The molecule has 1 aromatic rings. The molecule has 0 aromatic carbocycles. The molecule has 0 aliphatic carbocycles. The molecule has 1 atom stereocenters. The molecule has 98 valence electrons. The molecule has 0 radical (unpaired) electrons. The molecule has 0 saturated heterocycles. The zero-order valence-electron chi connectivity index (χ0n) is 11.5. The Labute approximate surface area is 114 Å². The van der Waals surface area contributed by atoms with E-state index in [4.69, 9.17) is 4.98 Å². The van der Waals surface area contributed by atoms with Gasteiger partial charge in [0.05, 0.1) is 11.7 Å². The van der Waals surface area contributed by atoms with Gasteiger partial charge >= 0.3 is 0 Å². The van der Waals surface area contributed by atoms with Crippen LogP contribution in [-0.4, -0.2) is 23.5 Å². The molecule has 1 unspecified atom stereocenters. The minimum absolute atomic E-state index is 0.158. The fourth-order valence-corrected chi connectivity index (χ4v) is 3.41. The molecular weight excluding hydrogens is 248 g/mol. The Morgan fingerprint density at radius 1 is 1.47 bits per heavy atom. The van der Waals surface area contributed by atoms with Crippen molar-refractivity contribution in [3.63, 3.8) is 0 Å². The maximum atomic E-state index is 4.78. The number of aromatic nitrogens is 1. The third-order valence-corrected chi connectivity index (χ3v) is 4.58. The lowest BCUT2D eigenvalue weighted by Crippen LogP contribution is -2.18. The van der Waals surface area contributed by atoms with Gasteiger partial charge in [-0.2, -0.15) is 11.8 Å². The summed E-state index contributed by atoms with van der Waals surface area (Å²) in [5.41, 5.74) is 1.37. The van der Waals surface area contributed by atoms with Crippen LogP contribution >= 0.6 is 23.1 Å². The SMILES string of the molecule is CCSCCC(NC)c1nc(C(C)(C)C)cs1. The Balaban J connectivity index is 2.66. The monoisotopic (exact) mass is 272 g/mol. The molecule has 0 aliphatic heterocycles. The fraction of sp³-hybridized carbons (Fsp3) is 0.769. The van der Waals surface area contributed by atoms with Crippen molar-refractivity contribution in [2.45, 2.75) is 45.6 Å². The summed E-state index contributed by atoms with van der Waals surface area (Å²) in [6.07, 6.45) is 1.16. The molecule has 1 aromatic heterocycles. The van der Waals surface area contributed by atoms with Crippen LogP contribution in [0.1, 0.15) is 50.9 Å². The van der Waals surface area contributed by atoms with Crippen molar-refractivity contribution in [2.24, 2.45) is 0 Å². The van der Waals surface area contributed by atoms with Gasteiger partial charge < -0.3 is 5.32 Å². The Kier molecular flexibility index (Phi) is 5.97. The summed E-state index contributed by atoms with van der Waals surface area (Å²) in [5, 5.41) is 6.81. The normalized spacial score (nSPS) is 13.9. The van der Waals surface area contributed by atoms with E-state index in [1.807, 2.05) is 18.8 Å². The lowest BCUT2D eigenvalue weighted by Gasteiger charge is -2.16. The molecule has 2 nitrogen and oxygen atoms in total. The quantitative estimate of drug-likeness (QED) is 0.796. The summed E-state index contributed by atoms with van der Waals surface area (Å²) in [4.78, 5) is 4.78. The van der Waals surface area contributed by atoms with E-state index in [9.17, 15) is 0 Å². The third kappa shape index (κ3) is 4.60. The van der Waals surface area contributed by atoms with Crippen molar-refractivity contribution in [1.82, 2.24) is 10.3 Å². The van der Waals surface area contributed by atoms with Crippen molar-refractivity contribution in [2.75, 3.05) is 18.6 Å². The number of thioether (sulfide) groups is 1. The first-order valence-corrected chi connectivity index (χ1v) is 8.23. The average Bonchev–Trinajstić information content (AvgIpc) is 2.73. The van der Waals surface area contributed by atoms with E-state index in [-0.39, 0.29) is 5.41 Å². The highest BCUT2D eigenvalue weighted by Gasteiger charge is 2.20. The van der Waals surface area contributed by atoms with Gasteiger partial charge in [0.25, 0.3) is 0 Å². The van der Waals surface area contributed by atoms with Gasteiger partial charge in [-0.3, -0.25) is 0 Å². The van der Waals surface area contributed by atoms with Crippen LogP contribution < -0.4 is 5.32 Å². The number of rotatable bonds is 6. The van der Waals surface area contributed by atoms with Crippen molar-refractivity contribution in [3.05, 3.63) is 16.1 Å². The van der Waals surface area contributed by atoms with E-state index in [1.165, 1.54) is 22.2 Å². The molecule has 0 amide bonds. The van der Waals surface area contributed by atoms with Gasteiger partial charge in [0.1, 0.15) is 5.01 Å². The molecule has 4 heteroatoms. The highest BCUT2D eigenvalue weighted by atomic mass is 32.2. The maximum absolute atomic E-state index is 4.78. The number of nitrogens with one attached hydrogen (secondary N) is 1. The zero-order valence-corrected chi connectivity index (χ0v) is 13.2. The zero-order chi connectivity index (χ0) is 12.9. The molecule has 0 spiro atoms. The van der Waals surface area contributed by atoms with Crippen LogP contribution in [-0.2, 0) is 5.41 Å². The summed E-state index contributed by atoms with van der Waals surface area (Å²) in [5.74, 6) is 2.40. The van der Waals surface area contributed by atoms with Gasteiger partial charge in [-0.25, -0.2) is 4.98 Å². The molecule has 17 heavy (non-hydrogen) atoms. The second-order valence-corrected chi connectivity index (χ2v) is 7.43. The van der Waals surface area contributed by atoms with Crippen LogP contribution in [0.4, 0.5) is 0 Å². The van der Waals surface area contributed by atoms with Crippen LogP contribution in [0.5, 0.6) is 0 Å². The highest BCUT2D eigenvalue weighted by Crippen LogP contribution is 2.28. The minimum Gasteiger partial charge on any atom is -0.311 e. The van der Waals surface area contributed by atoms with Gasteiger partial charge in [-0.1, -0.05) is 27.7 Å². The summed E-state index contributed by atoms with van der Waals surface area (Å²) in [6.45, 7) is 8.85. The van der Waals surface area contributed by atoms with Gasteiger partial charge in [0.2, 0.25) is 0 Å². The predicted octanol–water partition coefficient (Wildman–Crippen LogP) is 3.84. The summed E-state index contributed by atoms with van der Waals surface area (Å²) >= 11 is 3.78. The molecule has 1 heterocycles. The van der Waals surface area contributed by atoms with Crippen molar-refractivity contribution in [3.8, 4) is 0 Å². The van der Waals surface area contributed by atoms with E-state index in [1.54, 1.807) is 11.3 Å². The van der Waals surface area contributed by atoms with Gasteiger partial charge in [-0.15, -0.1) is 11.3 Å². The lowest BCUT2D eigenvalue weighted by atomic mass is 9.93. The molecule has 0 saturated carbocycles. The fourth-order valence-electron chi connectivity index (χ4n) is 1.53. The topological polar surface area (TPSA) is 24.9 Å². The average molecular weight is 272 g/mol. The van der Waals surface area contributed by atoms with Gasteiger partial charge in [0.15, 0.2) is 0 Å². The molecule has 0 aliphatic rings. The van der Waals surface area contributed by atoms with Crippen LogP contribution in [0.2, 0.25) is 0 Å². The van der Waals surface area contributed by atoms with Gasteiger partial charge in [0, 0.05) is 10.8 Å².